The number of para-hydroxylation sites is 2. The van der Waals surface area contributed by atoms with E-state index in [0.29, 0.717) is 44.8 Å². The molecule has 0 saturated heterocycles. The van der Waals surface area contributed by atoms with Crippen molar-refractivity contribution in [1.29, 1.82) is 0 Å². The fourth-order valence-corrected chi connectivity index (χ4v) is 5.44. The van der Waals surface area contributed by atoms with Crippen molar-refractivity contribution >= 4 is 40.9 Å². The Bertz CT molecular complexity index is 1510. The molecule has 39 heavy (non-hydrogen) atoms. The van der Waals surface area contributed by atoms with Crippen molar-refractivity contribution in [3.63, 3.8) is 0 Å². The fourth-order valence-electron chi connectivity index (χ4n) is 4.52. The topological polar surface area (TPSA) is 81.1 Å². The smallest absolute Gasteiger partial charge is 0.255 e. The highest BCUT2D eigenvalue weighted by Gasteiger charge is 2.34. The molecule has 200 valence electrons. The number of thioether (sulfide) groups is 1. The number of nitrogens with one attached hydrogen (secondary N) is 2. The number of rotatable bonds is 8. The van der Waals surface area contributed by atoms with Gasteiger partial charge < -0.3 is 15.4 Å². The summed E-state index contributed by atoms with van der Waals surface area (Å²) in [6.07, 6.45) is 0. The second-order valence-corrected chi connectivity index (χ2v) is 11.0. The number of benzene rings is 3. The zero-order valence-electron chi connectivity index (χ0n) is 22.2. The van der Waals surface area contributed by atoms with E-state index in [9.17, 15) is 4.79 Å². The van der Waals surface area contributed by atoms with Crippen LogP contribution < -0.4 is 15.4 Å². The first kappa shape index (κ1) is 26.8. The van der Waals surface area contributed by atoms with Gasteiger partial charge in [0.25, 0.3) is 5.91 Å². The lowest BCUT2D eigenvalue weighted by atomic mass is 9.92. The fraction of sp³-hybridized carbons (Fsp3) is 0.233. The lowest BCUT2D eigenvalue weighted by Crippen LogP contribution is -2.31. The maximum atomic E-state index is 13.8. The summed E-state index contributed by atoms with van der Waals surface area (Å²) < 4.78 is 7.26. The van der Waals surface area contributed by atoms with Crippen LogP contribution in [0.1, 0.15) is 49.4 Å². The lowest BCUT2D eigenvalue weighted by molar-refractivity contribution is -0.113. The number of carbonyl (C=O) groups excluding carboxylic acids is 1. The average Bonchev–Trinajstić information content (AvgIpc) is 3.34. The van der Waals surface area contributed by atoms with Crippen LogP contribution >= 0.6 is 23.4 Å². The number of amides is 1. The Labute approximate surface area is 237 Å². The van der Waals surface area contributed by atoms with Crippen LogP contribution in [0.5, 0.6) is 5.75 Å². The number of aromatic nitrogens is 3. The van der Waals surface area contributed by atoms with Gasteiger partial charge in [-0.3, -0.25) is 4.79 Å². The highest BCUT2D eigenvalue weighted by Crippen LogP contribution is 2.38. The molecule has 9 heteroatoms. The molecule has 0 bridgehead atoms. The highest BCUT2D eigenvalue weighted by molar-refractivity contribution is 7.98. The van der Waals surface area contributed by atoms with E-state index in [0.717, 1.165) is 16.8 Å². The maximum Gasteiger partial charge on any atom is 0.255 e. The van der Waals surface area contributed by atoms with Crippen LogP contribution in [0.15, 0.2) is 89.2 Å². The van der Waals surface area contributed by atoms with Crippen LogP contribution in [0.3, 0.4) is 0 Å². The molecular formula is C30H30ClN5O2S. The molecule has 0 aliphatic carbocycles. The monoisotopic (exact) mass is 559 g/mol. The molecule has 3 aromatic carbocycles. The van der Waals surface area contributed by atoms with E-state index >= 15 is 0 Å². The van der Waals surface area contributed by atoms with Gasteiger partial charge in [0.15, 0.2) is 0 Å². The molecule has 7 nitrogen and oxygen atoms in total. The first-order valence-electron chi connectivity index (χ1n) is 12.7. The summed E-state index contributed by atoms with van der Waals surface area (Å²) in [5, 5.41) is 12.5. The Morgan fingerprint density at radius 3 is 2.51 bits per heavy atom. The van der Waals surface area contributed by atoms with Gasteiger partial charge in [-0.1, -0.05) is 85.7 Å². The van der Waals surface area contributed by atoms with Gasteiger partial charge in [-0.15, -0.1) is 5.10 Å². The Morgan fingerprint density at radius 1 is 1.10 bits per heavy atom. The summed E-state index contributed by atoms with van der Waals surface area (Å²) in [7, 11) is 1.58. The zero-order valence-corrected chi connectivity index (χ0v) is 23.8. The quantitative estimate of drug-likeness (QED) is 0.221. The van der Waals surface area contributed by atoms with Crippen LogP contribution in [0.4, 0.5) is 11.6 Å². The normalized spacial score (nSPS) is 14.7. The summed E-state index contributed by atoms with van der Waals surface area (Å²) in [5.41, 5.74) is 5.18. The molecular weight excluding hydrogens is 530 g/mol. The predicted octanol–water partition coefficient (Wildman–Crippen LogP) is 7.28. The number of hydrogen-bond donors (Lipinski definition) is 2. The molecule has 1 unspecified atom stereocenters. The van der Waals surface area contributed by atoms with Crippen molar-refractivity contribution in [1.82, 2.24) is 14.8 Å². The van der Waals surface area contributed by atoms with Crippen molar-refractivity contribution in [2.45, 2.75) is 43.6 Å². The number of allylic oxidation sites excluding steroid dienone is 1. The SMILES string of the molecule is COc1ccccc1NC(=O)C1=C(C)Nc2nc(SCc3ccc(Cl)cc3)nn2C1c1ccc(C(C)C)cc1. The molecule has 0 saturated carbocycles. The molecule has 0 fully saturated rings. The largest absolute Gasteiger partial charge is 0.495 e. The van der Waals surface area contributed by atoms with Crippen LogP contribution in [0.2, 0.25) is 5.02 Å². The summed E-state index contributed by atoms with van der Waals surface area (Å²) in [5.74, 6) is 2.04. The van der Waals surface area contributed by atoms with Gasteiger partial charge in [-0.2, -0.15) is 4.98 Å². The number of nitrogens with zero attached hydrogens (tertiary/aromatic N) is 3. The third kappa shape index (κ3) is 5.82. The molecule has 2 heterocycles. The van der Waals surface area contributed by atoms with Crippen molar-refractivity contribution < 1.29 is 9.53 Å². The van der Waals surface area contributed by atoms with E-state index in [1.165, 1.54) is 17.3 Å². The number of hydrogen-bond acceptors (Lipinski definition) is 6. The van der Waals surface area contributed by atoms with Gasteiger partial charge in [0, 0.05) is 16.5 Å². The van der Waals surface area contributed by atoms with Crippen LogP contribution in [-0.4, -0.2) is 27.8 Å². The number of ether oxygens (including phenoxy) is 1. The van der Waals surface area contributed by atoms with Crippen LogP contribution in [0, 0.1) is 0 Å². The van der Waals surface area contributed by atoms with E-state index in [4.69, 9.17) is 26.4 Å². The molecule has 1 amide bonds. The van der Waals surface area contributed by atoms with Gasteiger partial charge in [0.2, 0.25) is 11.1 Å². The number of methoxy groups -OCH3 is 1. The standard InChI is InChI=1S/C30H30ClN5O2S/c1-18(2)21-11-13-22(14-12-21)27-26(28(37)33-24-7-5-6-8-25(24)38-4)19(3)32-29-34-30(35-36(27)29)39-17-20-9-15-23(31)16-10-20/h5-16,18,27H,17H2,1-4H3,(H,33,37)(H,32,34,35). The van der Waals surface area contributed by atoms with Crippen molar-refractivity contribution in [3.05, 3.63) is 106 Å². The first-order valence-corrected chi connectivity index (χ1v) is 14.1. The molecule has 5 rings (SSSR count). The van der Waals surface area contributed by atoms with Gasteiger partial charge in [0.1, 0.15) is 11.8 Å². The number of halogens is 1. The van der Waals surface area contributed by atoms with Crippen LogP contribution in [0.25, 0.3) is 0 Å². The third-order valence-corrected chi connectivity index (χ3v) is 7.79. The second-order valence-electron chi connectivity index (χ2n) is 9.62. The number of carbonyl (C=O) groups is 1. The van der Waals surface area contributed by atoms with Gasteiger partial charge in [-0.05, 0) is 53.8 Å². The number of fused-ring (bicyclic) bond motifs is 1. The molecule has 4 aromatic rings. The molecule has 2 N–H and O–H groups in total. The van der Waals surface area contributed by atoms with E-state index in [2.05, 4.69) is 48.7 Å². The summed E-state index contributed by atoms with van der Waals surface area (Å²) in [4.78, 5) is 18.6. The minimum absolute atomic E-state index is 0.237. The van der Waals surface area contributed by atoms with E-state index in [1.807, 2.05) is 55.5 Å². The second kappa shape index (κ2) is 11.6. The maximum absolute atomic E-state index is 13.8. The van der Waals surface area contributed by atoms with Crippen molar-refractivity contribution in [2.24, 2.45) is 0 Å². The van der Waals surface area contributed by atoms with Crippen molar-refractivity contribution in [3.8, 4) is 5.75 Å². The number of anilines is 2. The van der Waals surface area contributed by atoms with Crippen molar-refractivity contribution in [2.75, 3.05) is 17.7 Å². The van der Waals surface area contributed by atoms with E-state index in [1.54, 1.807) is 11.8 Å². The zero-order chi connectivity index (χ0) is 27.5. The van der Waals surface area contributed by atoms with Gasteiger partial charge in [0.05, 0.1) is 18.4 Å². The molecule has 0 spiro atoms. The van der Waals surface area contributed by atoms with Gasteiger partial charge in [-0.25, -0.2) is 4.68 Å². The molecule has 0 radical (unpaired) electrons. The van der Waals surface area contributed by atoms with E-state index in [-0.39, 0.29) is 5.91 Å². The Kier molecular flexibility index (Phi) is 7.95. The summed E-state index contributed by atoms with van der Waals surface area (Å²) in [6.45, 7) is 6.22. The van der Waals surface area contributed by atoms with Gasteiger partial charge >= 0.3 is 0 Å². The summed E-state index contributed by atoms with van der Waals surface area (Å²) in [6, 6.07) is 23.0. The molecule has 1 aliphatic heterocycles. The first-order chi connectivity index (χ1) is 18.8. The lowest BCUT2D eigenvalue weighted by Gasteiger charge is -2.29. The Hall–Kier alpha value is -3.75. The highest BCUT2D eigenvalue weighted by atomic mass is 35.5. The molecule has 1 aromatic heterocycles. The predicted molar refractivity (Wildman–Crippen MR) is 158 cm³/mol. The minimum Gasteiger partial charge on any atom is -0.495 e. The third-order valence-electron chi connectivity index (χ3n) is 6.63. The van der Waals surface area contributed by atoms with Crippen LogP contribution in [-0.2, 0) is 10.5 Å². The minimum atomic E-state index is -0.463. The molecule has 1 atom stereocenters. The van der Waals surface area contributed by atoms with E-state index < -0.39 is 6.04 Å². The Balaban J connectivity index is 1.50. The average molecular weight is 560 g/mol. The summed E-state index contributed by atoms with van der Waals surface area (Å²) >= 11 is 7.57. The molecule has 1 aliphatic rings. The Morgan fingerprint density at radius 2 is 1.82 bits per heavy atom.